The number of aromatic nitrogens is 3. The smallest absolute Gasteiger partial charge is 0.499 e. The molecule has 5 nitrogen and oxygen atoms in total. The monoisotopic (exact) mass is 838 g/mol. The first-order chi connectivity index (χ1) is 23.0. The minimum absolute atomic E-state index is 0. The van der Waals surface area contributed by atoms with E-state index in [9.17, 15) is 0 Å². The number of furan rings is 1. The summed E-state index contributed by atoms with van der Waals surface area (Å²) < 4.78 is 17.7. The van der Waals surface area contributed by atoms with Gasteiger partial charge in [-0.1, -0.05) is 83.5 Å². The minimum Gasteiger partial charge on any atom is -0.499 e. The molecule has 0 unspecified atom stereocenters. The van der Waals surface area contributed by atoms with E-state index < -0.39 is 0 Å². The van der Waals surface area contributed by atoms with E-state index in [1.807, 2.05) is 30.6 Å². The van der Waals surface area contributed by atoms with Gasteiger partial charge in [-0.05, 0) is 79.5 Å². The van der Waals surface area contributed by atoms with E-state index in [1.165, 1.54) is 15.8 Å². The third-order valence-corrected chi connectivity index (χ3v) is 10.5. The fourth-order valence-corrected chi connectivity index (χ4v) is 7.94. The fraction of sp³-hybridized carbons (Fsp3) is 0.190. The normalized spacial score (nSPS) is 12.5. The molecule has 0 saturated carbocycles. The largest absolute Gasteiger partial charge is 2.00 e. The Morgan fingerprint density at radius 1 is 0.755 bits per heavy atom. The van der Waals surface area contributed by atoms with Gasteiger partial charge in [0, 0.05) is 33.7 Å². The number of fused-ring (bicyclic) bond motifs is 3. The van der Waals surface area contributed by atoms with Gasteiger partial charge in [0.2, 0.25) is 0 Å². The predicted molar refractivity (Wildman–Crippen MR) is 197 cm³/mol. The second-order valence-electron chi connectivity index (χ2n) is 14.6. The number of thiophene rings is 1. The molecule has 0 fully saturated rings. The standard InChI is InChI=1S/C42H33N3O2S.Pt/c1-41(2,3)24-16-18-43-30(20-24)29-23-34(39-38-37-33(47-39)12-9-13-35(37)48-40(29)38)46-26-14-15-28-27-10-7-8-11-31(27)45(32(28)22-26)36-21-25(17-19-44-36)42(4,5)6;/h7-21H,1-6H3;/q-2;+2. The van der Waals surface area contributed by atoms with Gasteiger partial charge in [0.15, 0.2) is 0 Å². The molecule has 0 atom stereocenters. The van der Waals surface area contributed by atoms with E-state index in [0.29, 0.717) is 17.1 Å². The Labute approximate surface area is 303 Å². The van der Waals surface area contributed by atoms with Crippen LogP contribution < -0.4 is 4.74 Å². The summed E-state index contributed by atoms with van der Waals surface area (Å²) in [7, 11) is 0. The van der Waals surface area contributed by atoms with Crippen molar-refractivity contribution in [2.45, 2.75) is 52.4 Å². The zero-order valence-electron chi connectivity index (χ0n) is 28.0. The third-order valence-electron chi connectivity index (χ3n) is 9.28. The van der Waals surface area contributed by atoms with Crippen LogP contribution in [0.5, 0.6) is 11.5 Å². The van der Waals surface area contributed by atoms with Gasteiger partial charge < -0.3 is 18.7 Å². The maximum Gasteiger partial charge on any atom is 2.00 e. The number of rotatable bonds is 4. The summed E-state index contributed by atoms with van der Waals surface area (Å²) in [5, 5.41) is 4.38. The van der Waals surface area contributed by atoms with E-state index in [4.69, 9.17) is 19.1 Å². The van der Waals surface area contributed by atoms with E-state index in [-0.39, 0.29) is 31.9 Å². The van der Waals surface area contributed by atoms with Gasteiger partial charge in [-0.2, -0.15) is 17.4 Å². The van der Waals surface area contributed by atoms with Crippen LogP contribution in [0.15, 0.2) is 95.7 Å². The van der Waals surface area contributed by atoms with Gasteiger partial charge in [-0.15, -0.1) is 23.1 Å². The van der Waals surface area contributed by atoms with Crippen LogP contribution >= 0.6 is 11.3 Å². The topological polar surface area (TPSA) is 53.1 Å². The van der Waals surface area contributed by atoms with Crippen molar-refractivity contribution in [3.05, 3.63) is 115 Å². The first-order valence-electron chi connectivity index (χ1n) is 16.2. The van der Waals surface area contributed by atoms with Crippen LogP contribution in [0.1, 0.15) is 52.7 Å². The Balaban J connectivity index is 0.00000348. The molecule has 5 aromatic heterocycles. The SMILES string of the molecule is CC(C)(C)c1ccnc(-c2[c-]c(Oc3[c-]c4c(cc3)c3ccccc3n4-c3cc(C(C)(C)C)ccn3)c3oc4cccc5sc2c3c45)c1.[Pt+2]. The molecule has 0 N–H and O–H groups in total. The molecule has 0 radical (unpaired) electrons. The van der Waals surface area contributed by atoms with Crippen LogP contribution in [0.3, 0.4) is 0 Å². The predicted octanol–water partition coefficient (Wildman–Crippen LogP) is 11.8. The van der Waals surface area contributed by atoms with Crippen molar-refractivity contribution < 1.29 is 30.2 Å². The Morgan fingerprint density at radius 3 is 2.31 bits per heavy atom. The van der Waals surface area contributed by atoms with Crippen LogP contribution in [-0.4, -0.2) is 14.5 Å². The molecule has 244 valence electrons. The van der Waals surface area contributed by atoms with E-state index in [2.05, 4.69) is 119 Å². The first-order valence-corrected chi connectivity index (χ1v) is 17.1. The summed E-state index contributed by atoms with van der Waals surface area (Å²) in [6.07, 6.45) is 3.78. The molecule has 49 heavy (non-hydrogen) atoms. The van der Waals surface area contributed by atoms with E-state index in [0.717, 1.165) is 59.9 Å². The Bertz CT molecular complexity index is 2690. The molecule has 0 aliphatic heterocycles. The number of benzene rings is 4. The molecule has 9 rings (SSSR count). The van der Waals surface area contributed by atoms with Crippen LogP contribution in [0.2, 0.25) is 0 Å². The van der Waals surface area contributed by atoms with Gasteiger partial charge in [-0.3, -0.25) is 0 Å². The Morgan fingerprint density at radius 2 is 1.51 bits per heavy atom. The summed E-state index contributed by atoms with van der Waals surface area (Å²) in [6, 6.07) is 34.5. The maximum absolute atomic E-state index is 6.76. The van der Waals surface area contributed by atoms with Crippen molar-refractivity contribution in [2.75, 3.05) is 0 Å². The molecule has 0 aliphatic rings. The molecule has 0 spiro atoms. The van der Waals surface area contributed by atoms with Crippen molar-refractivity contribution in [1.82, 2.24) is 14.5 Å². The average Bonchev–Trinajstić information content (AvgIpc) is 3.75. The maximum atomic E-state index is 6.76. The molecule has 0 aliphatic carbocycles. The second kappa shape index (κ2) is 11.3. The fourth-order valence-electron chi connectivity index (χ4n) is 6.72. The number of para-hydroxylation sites is 1. The second-order valence-corrected chi connectivity index (χ2v) is 15.6. The van der Waals surface area contributed by atoms with Crippen molar-refractivity contribution in [3.63, 3.8) is 0 Å². The van der Waals surface area contributed by atoms with Gasteiger partial charge in [-0.25, -0.2) is 4.98 Å². The summed E-state index contributed by atoms with van der Waals surface area (Å²) in [4.78, 5) is 9.66. The van der Waals surface area contributed by atoms with Gasteiger partial charge >= 0.3 is 21.1 Å². The van der Waals surface area contributed by atoms with Crippen LogP contribution in [0, 0.1) is 12.1 Å². The number of nitrogens with zero attached hydrogens (tertiary/aromatic N) is 3. The molecule has 0 bridgehead atoms. The first kappa shape index (κ1) is 31.7. The summed E-state index contributed by atoms with van der Waals surface area (Å²) in [5.41, 5.74) is 7.64. The molecular formula is C42H33N3O2PtS. The van der Waals surface area contributed by atoms with Crippen molar-refractivity contribution in [3.8, 4) is 28.6 Å². The molecule has 7 heteroatoms. The van der Waals surface area contributed by atoms with Crippen LogP contribution in [0.4, 0.5) is 0 Å². The van der Waals surface area contributed by atoms with Gasteiger partial charge in [0.25, 0.3) is 0 Å². The number of ether oxygens (including phenoxy) is 1. The Hall–Kier alpha value is -4.51. The van der Waals surface area contributed by atoms with Gasteiger partial charge in [0.05, 0.1) is 11.3 Å². The van der Waals surface area contributed by atoms with Crippen LogP contribution in [-0.2, 0) is 31.9 Å². The van der Waals surface area contributed by atoms with E-state index in [1.54, 1.807) is 11.3 Å². The molecule has 0 amide bonds. The zero-order chi connectivity index (χ0) is 32.9. The number of hydrogen-bond acceptors (Lipinski definition) is 5. The van der Waals surface area contributed by atoms with Crippen molar-refractivity contribution in [1.29, 1.82) is 0 Å². The number of hydrogen-bond donors (Lipinski definition) is 0. The van der Waals surface area contributed by atoms with Gasteiger partial charge in [0.1, 0.15) is 11.4 Å². The summed E-state index contributed by atoms with van der Waals surface area (Å²) in [5.74, 6) is 1.93. The number of pyridine rings is 2. The molecule has 5 heterocycles. The summed E-state index contributed by atoms with van der Waals surface area (Å²) >= 11 is 1.75. The summed E-state index contributed by atoms with van der Waals surface area (Å²) in [6.45, 7) is 13.3. The van der Waals surface area contributed by atoms with Crippen LogP contribution in [0.25, 0.3) is 70.2 Å². The molecule has 4 aromatic carbocycles. The molecular weight excluding hydrogens is 806 g/mol. The Kier molecular flexibility index (Phi) is 7.30. The minimum atomic E-state index is -0.0233. The molecule has 0 saturated heterocycles. The van der Waals surface area contributed by atoms with Crippen molar-refractivity contribution in [2.24, 2.45) is 0 Å². The quantitative estimate of drug-likeness (QED) is 0.166. The molecule has 9 aromatic rings. The van der Waals surface area contributed by atoms with Crippen molar-refractivity contribution >= 4 is 64.5 Å². The third kappa shape index (κ3) is 5.07. The zero-order valence-corrected chi connectivity index (χ0v) is 31.1. The van der Waals surface area contributed by atoms with E-state index >= 15 is 0 Å². The average molecular weight is 839 g/mol.